The van der Waals surface area contributed by atoms with Crippen LogP contribution in [0.5, 0.6) is 5.75 Å². The van der Waals surface area contributed by atoms with Crippen molar-refractivity contribution in [1.29, 1.82) is 0 Å². The predicted octanol–water partition coefficient (Wildman–Crippen LogP) is 7.44. The van der Waals surface area contributed by atoms with Gasteiger partial charge in [-0.05, 0) is 79.0 Å². The Morgan fingerprint density at radius 3 is 2.45 bits per heavy atom. The zero-order valence-electron chi connectivity index (χ0n) is 26.1. The van der Waals surface area contributed by atoms with Gasteiger partial charge in [-0.15, -0.1) is 4.99 Å². The van der Waals surface area contributed by atoms with E-state index >= 15 is 0 Å². The number of alkyl halides is 3. The van der Waals surface area contributed by atoms with Crippen LogP contribution in [0, 0.1) is 0 Å². The Balaban J connectivity index is 1.89. The highest BCUT2D eigenvalue weighted by atomic mass is 19.4. The summed E-state index contributed by atoms with van der Waals surface area (Å²) >= 11 is 0. The van der Waals surface area contributed by atoms with E-state index in [1.165, 1.54) is 12.1 Å². The number of allylic oxidation sites excluding steroid dienone is 1. The molecule has 1 saturated heterocycles. The summed E-state index contributed by atoms with van der Waals surface area (Å²) in [5.74, 6) is -0.471. The number of ether oxygens (including phenoxy) is 3. The lowest BCUT2D eigenvalue weighted by atomic mass is 10.1. The lowest BCUT2D eigenvalue weighted by molar-refractivity contribution is -0.138. The Labute approximate surface area is 254 Å². The standard InChI is InChI=1S/C30H40F3N5O6/c1-8-9-10-11-17-41-22-15-14-19(18-20(22)30(31,32)33)23-34-24(44-37-23)21-13-12-16-38(21)25(35-26(39)42-28(2,3)4)36-27(40)43-29(5,6)7/h10-11,14-15,18,21H,8-9,12-13,16-17H2,1-7H3,(H,35,36,39,40)/b11-10+/t21-/m0/s1. The van der Waals surface area contributed by atoms with E-state index in [0.29, 0.717) is 19.4 Å². The minimum Gasteiger partial charge on any atom is -0.489 e. The van der Waals surface area contributed by atoms with Gasteiger partial charge in [-0.2, -0.15) is 18.2 Å². The number of benzene rings is 1. The molecular formula is C30H40F3N5O6. The number of nitrogens with one attached hydrogen (secondary N) is 1. The molecule has 1 aliphatic rings. The number of halogens is 3. The first-order valence-electron chi connectivity index (χ1n) is 14.4. The van der Waals surface area contributed by atoms with Crippen molar-refractivity contribution in [3.63, 3.8) is 0 Å². The quantitative estimate of drug-likeness (QED) is 0.190. The largest absolute Gasteiger partial charge is 0.489 e. The summed E-state index contributed by atoms with van der Waals surface area (Å²) in [4.78, 5) is 35.1. The van der Waals surface area contributed by atoms with Crippen molar-refractivity contribution in [1.82, 2.24) is 20.4 Å². The number of alkyl carbamates (subject to hydrolysis) is 1. The van der Waals surface area contributed by atoms with Gasteiger partial charge in [0, 0.05) is 12.1 Å². The number of aromatic nitrogens is 2. The molecule has 0 saturated carbocycles. The fourth-order valence-corrected chi connectivity index (χ4v) is 4.20. The van der Waals surface area contributed by atoms with Gasteiger partial charge in [0.2, 0.25) is 17.7 Å². The van der Waals surface area contributed by atoms with E-state index in [2.05, 4.69) is 20.4 Å². The van der Waals surface area contributed by atoms with Gasteiger partial charge in [-0.3, -0.25) is 5.32 Å². The van der Waals surface area contributed by atoms with E-state index in [0.717, 1.165) is 18.9 Å². The molecule has 0 radical (unpaired) electrons. The molecule has 1 fully saturated rings. The van der Waals surface area contributed by atoms with Crippen LogP contribution in [0.2, 0.25) is 0 Å². The Kier molecular flexibility index (Phi) is 11.0. The Morgan fingerprint density at radius 1 is 1.11 bits per heavy atom. The molecule has 2 amide bonds. The number of hydrogen-bond donors (Lipinski definition) is 1. The first-order valence-corrected chi connectivity index (χ1v) is 14.4. The third-order valence-corrected chi connectivity index (χ3v) is 5.96. The second-order valence-electron chi connectivity index (χ2n) is 12.1. The highest BCUT2D eigenvalue weighted by molar-refractivity contribution is 5.99. The topological polar surface area (TPSA) is 128 Å². The molecule has 0 spiro atoms. The van der Waals surface area contributed by atoms with Gasteiger partial charge in [0.25, 0.3) is 0 Å². The molecule has 1 aromatic heterocycles. The van der Waals surface area contributed by atoms with Gasteiger partial charge in [0.1, 0.15) is 29.6 Å². The number of carbonyl (C=O) groups is 2. The van der Waals surface area contributed by atoms with Crippen LogP contribution in [0.1, 0.15) is 91.6 Å². The highest BCUT2D eigenvalue weighted by Crippen LogP contribution is 2.39. The molecule has 0 bridgehead atoms. The SMILES string of the molecule is CCC/C=C/COc1ccc(-c2noc([C@@H]3CCCN3/C(=N/C(=O)OC(C)(C)C)NC(=O)OC(C)(C)C)n2)cc1C(F)(F)F. The molecule has 11 nitrogen and oxygen atoms in total. The molecule has 2 heterocycles. The third kappa shape index (κ3) is 10.3. The molecule has 0 aliphatic carbocycles. The average molecular weight is 624 g/mol. The number of guanidine groups is 1. The number of nitrogens with zero attached hydrogens (tertiary/aromatic N) is 4. The maximum absolute atomic E-state index is 13.9. The molecule has 3 rings (SSSR count). The summed E-state index contributed by atoms with van der Waals surface area (Å²) in [6.45, 7) is 12.4. The predicted molar refractivity (Wildman–Crippen MR) is 156 cm³/mol. The van der Waals surface area contributed by atoms with E-state index in [-0.39, 0.29) is 35.6 Å². The van der Waals surface area contributed by atoms with Crippen LogP contribution in [-0.2, 0) is 15.7 Å². The summed E-state index contributed by atoms with van der Waals surface area (Å²) in [5.41, 5.74) is -2.57. The Hall–Kier alpha value is -4.10. The minimum atomic E-state index is -4.69. The number of aliphatic imine (C=N–C) groups is 1. The molecule has 1 atom stereocenters. The number of likely N-dealkylation sites (tertiary alicyclic amines) is 1. The zero-order chi connectivity index (χ0) is 32.7. The van der Waals surface area contributed by atoms with E-state index < -0.39 is 41.2 Å². The number of rotatable bonds is 7. The van der Waals surface area contributed by atoms with Gasteiger partial charge in [0.15, 0.2) is 0 Å². The molecule has 1 N–H and O–H groups in total. The summed E-state index contributed by atoms with van der Waals surface area (Å²) in [7, 11) is 0. The summed E-state index contributed by atoms with van der Waals surface area (Å²) < 4.78 is 63.2. The van der Waals surface area contributed by atoms with Gasteiger partial charge in [-0.25, -0.2) is 9.59 Å². The Morgan fingerprint density at radius 2 is 1.82 bits per heavy atom. The molecular weight excluding hydrogens is 583 g/mol. The van der Waals surface area contributed by atoms with E-state index in [4.69, 9.17) is 18.7 Å². The van der Waals surface area contributed by atoms with Crippen LogP contribution in [0.25, 0.3) is 11.4 Å². The van der Waals surface area contributed by atoms with Crippen molar-refractivity contribution in [2.75, 3.05) is 13.2 Å². The van der Waals surface area contributed by atoms with Crippen LogP contribution in [-0.4, -0.2) is 57.5 Å². The van der Waals surface area contributed by atoms with Crippen LogP contribution >= 0.6 is 0 Å². The maximum atomic E-state index is 13.9. The fourth-order valence-electron chi connectivity index (χ4n) is 4.20. The molecule has 0 unspecified atom stereocenters. The second kappa shape index (κ2) is 14.1. The van der Waals surface area contributed by atoms with Crippen molar-refractivity contribution in [2.24, 2.45) is 4.99 Å². The van der Waals surface area contributed by atoms with Gasteiger partial charge in [0.05, 0.1) is 5.56 Å². The Bertz CT molecular complexity index is 1360. The van der Waals surface area contributed by atoms with E-state index in [9.17, 15) is 22.8 Å². The highest BCUT2D eigenvalue weighted by Gasteiger charge is 2.37. The first-order chi connectivity index (χ1) is 20.5. The van der Waals surface area contributed by atoms with Crippen LogP contribution in [0.15, 0.2) is 39.9 Å². The average Bonchev–Trinajstić information content (AvgIpc) is 3.55. The van der Waals surface area contributed by atoms with Gasteiger partial charge < -0.3 is 23.6 Å². The lowest BCUT2D eigenvalue weighted by Crippen LogP contribution is -2.46. The van der Waals surface area contributed by atoms with Gasteiger partial charge >= 0.3 is 18.4 Å². The van der Waals surface area contributed by atoms with Crippen molar-refractivity contribution >= 4 is 18.1 Å². The number of hydrogen-bond acceptors (Lipinski definition) is 8. The van der Waals surface area contributed by atoms with Crippen molar-refractivity contribution < 1.29 is 41.5 Å². The summed E-state index contributed by atoms with van der Waals surface area (Å²) in [5, 5.41) is 6.43. The molecule has 1 aromatic carbocycles. The van der Waals surface area contributed by atoms with Gasteiger partial charge in [-0.1, -0.05) is 30.7 Å². The monoisotopic (exact) mass is 623 g/mol. The molecule has 14 heteroatoms. The van der Waals surface area contributed by atoms with Crippen molar-refractivity contribution in [3.05, 3.63) is 41.8 Å². The third-order valence-electron chi connectivity index (χ3n) is 5.96. The molecule has 2 aromatic rings. The maximum Gasteiger partial charge on any atom is 0.437 e. The minimum absolute atomic E-state index is 0.00316. The lowest BCUT2D eigenvalue weighted by Gasteiger charge is -2.27. The normalized spacial score (nSPS) is 16.4. The second-order valence-corrected chi connectivity index (χ2v) is 12.1. The summed E-state index contributed by atoms with van der Waals surface area (Å²) in [6.07, 6.45) is -0.160. The van der Waals surface area contributed by atoms with Crippen LogP contribution < -0.4 is 10.1 Å². The van der Waals surface area contributed by atoms with Crippen LogP contribution in [0.3, 0.4) is 0 Å². The number of amides is 2. The van der Waals surface area contributed by atoms with Crippen molar-refractivity contribution in [3.8, 4) is 17.1 Å². The summed E-state index contributed by atoms with van der Waals surface area (Å²) in [6, 6.07) is 2.90. The number of unbranched alkanes of at least 4 members (excludes halogenated alkanes) is 1. The molecule has 1 aliphatic heterocycles. The molecule has 44 heavy (non-hydrogen) atoms. The fraction of sp³-hybridized carbons (Fsp3) is 0.567. The van der Waals surface area contributed by atoms with E-state index in [1.807, 2.05) is 13.0 Å². The smallest absolute Gasteiger partial charge is 0.437 e. The van der Waals surface area contributed by atoms with Crippen LogP contribution in [0.4, 0.5) is 22.8 Å². The van der Waals surface area contributed by atoms with Crippen molar-refractivity contribution in [2.45, 2.75) is 97.6 Å². The van der Waals surface area contributed by atoms with E-state index in [1.54, 1.807) is 52.5 Å². The molecule has 242 valence electrons. The number of carbonyl (C=O) groups excluding carboxylic acids is 2. The zero-order valence-corrected chi connectivity index (χ0v) is 26.1. The first kappa shape index (κ1) is 34.4.